The number of likely N-dealkylation sites (tertiary alicyclic amines) is 1. The molecular formula is C15H27N3O6S2. The minimum atomic E-state index is -3.82. The van der Waals surface area contributed by atoms with Gasteiger partial charge >= 0.3 is 6.09 Å². The van der Waals surface area contributed by atoms with Gasteiger partial charge in [-0.3, -0.25) is 0 Å². The van der Waals surface area contributed by atoms with Crippen LogP contribution in [0.4, 0.5) is 4.79 Å². The molecule has 1 rings (SSSR count). The maximum absolute atomic E-state index is 12.2. The number of sulfonamides is 2. The Balaban J connectivity index is 2.74. The molecule has 0 radical (unpaired) electrons. The van der Waals surface area contributed by atoms with Gasteiger partial charge in [-0.25, -0.2) is 31.5 Å². The summed E-state index contributed by atoms with van der Waals surface area (Å²) < 4.78 is 53.5. The van der Waals surface area contributed by atoms with Gasteiger partial charge in [-0.2, -0.15) is 0 Å². The Morgan fingerprint density at radius 3 is 2.42 bits per heavy atom. The van der Waals surface area contributed by atoms with Gasteiger partial charge < -0.3 is 9.64 Å². The molecule has 0 aromatic rings. The van der Waals surface area contributed by atoms with Gasteiger partial charge in [0.2, 0.25) is 20.0 Å². The molecule has 1 fully saturated rings. The molecule has 1 saturated heterocycles. The van der Waals surface area contributed by atoms with Crippen molar-refractivity contribution in [2.75, 3.05) is 6.54 Å². The quantitative estimate of drug-likeness (QED) is 0.672. The van der Waals surface area contributed by atoms with Gasteiger partial charge in [0.15, 0.2) is 0 Å². The Bertz CT molecular complexity index is 766. The molecule has 0 aromatic heterocycles. The van der Waals surface area contributed by atoms with Crippen molar-refractivity contribution in [3.8, 4) is 0 Å². The monoisotopic (exact) mass is 409 g/mol. The fourth-order valence-corrected chi connectivity index (χ4v) is 3.82. The number of hydrogen-bond acceptors (Lipinski definition) is 6. The summed E-state index contributed by atoms with van der Waals surface area (Å²) in [5, 5.41) is 6.52. The fourth-order valence-electron chi connectivity index (χ4n) is 2.30. The third-order valence-electron chi connectivity index (χ3n) is 3.31. The molecule has 0 spiro atoms. The van der Waals surface area contributed by atoms with E-state index >= 15 is 0 Å². The van der Waals surface area contributed by atoms with Crippen molar-refractivity contribution in [2.24, 2.45) is 5.14 Å². The van der Waals surface area contributed by atoms with E-state index in [1.54, 1.807) is 20.8 Å². The molecule has 26 heavy (non-hydrogen) atoms. The third-order valence-corrected chi connectivity index (χ3v) is 5.07. The van der Waals surface area contributed by atoms with Crippen molar-refractivity contribution >= 4 is 26.1 Å². The topological polar surface area (TPSA) is 136 Å². The van der Waals surface area contributed by atoms with Gasteiger partial charge in [0, 0.05) is 23.4 Å². The normalized spacial score (nSPS) is 20.8. The first-order chi connectivity index (χ1) is 11.7. The Labute approximate surface area is 155 Å². The molecular weight excluding hydrogens is 382 g/mol. The molecule has 150 valence electrons. The Hall–Kier alpha value is -1.43. The molecule has 9 nitrogen and oxygen atoms in total. The standard InChI is InChI=1S/C15H27N3O6S2/c1-12(7-10-25(16,20)21)17-26(22,23)11-8-13-6-5-9-18(13)14(19)24-15(2,3)4/h7-8,10-13,17H,5-6,9H2,1-4H3,(H2,16,20,21)/b10-7+,11-8+/t12-,13-/m0/s1. The minimum absolute atomic E-state index is 0.378. The van der Waals surface area contributed by atoms with Crippen molar-refractivity contribution < 1.29 is 26.4 Å². The highest BCUT2D eigenvalue weighted by Crippen LogP contribution is 2.21. The summed E-state index contributed by atoms with van der Waals surface area (Å²) in [7, 11) is -7.64. The molecule has 11 heteroatoms. The lowest BCUT2D eigenvalue weighted by molar-refractivity contribution is 0.0256. The highest BCUT2D eigenvalue weighted by Gasteiger charge is 2.31. The van der Waals surface area contributed by atoms with E-state index in [4.69, 9.17) is 9.88 Å². The van der Waals surface area contributed by atoms with Crippen LogP contribution in [0.3, 0.4) is 0 Å². The highest BCUT2D eigenvalue weighted by molar-refractivity contribution is 7.92. The van der Waals surface area contributed by atoms with Gasteiger partial charge in [-0.1, -0.05) is 6.08 Å². The van der Waals surface area contributed by atoms with Crippen LogP contribution in [0.1, 0.15) is 40.5 Å². The molecule has 1 amide bonds. The van der Waals surface area contributed by atoms with Gasteiger partial charge in [0.05, 0.1) is 6.04 Å². The number of nitrogens with one attached hydrogen (secondary N) is 1. The van der Waals surface area contributed by atoms with Gasteiger partial charge in [-0.15, -0.1) is 0 Å². The van der Waals surface area contributed by atoms with Gasteiger partial charge in [0.1, 0.15) is 5.60 Å². The van der Waals surface area contributed by atoms with Crippen molar-refractivity contribution in [1.29, 1.82) is 0 Å². The lowest BCUT2D eigenvalue weighted by Gasteiger charge is -2.27. The molecule has 0 unspecified atom stereocenters. The average molecular weight is 410 g/mol. The maximum Gasteiger partial charge on any atom is 0.410 e. The summed E-state index contributed by atoms with van der Waals surface area (Å²) in [6.07, 6.45) is 3.44. The largest absolute Gasteiger partial charge is 0.444 e. The molecule has 3 N–H and O–H groups in total. The number of amides is 1. The van der Waals surface area contributed by atoms with Crippen LogP contribution in [0.2, 0.25) is 0 Å². The second-order valence-corrected chi connectivity index (χ2v) is 10.1. The van der Waals surface area contributed by atoms with E-state index in [-0.39, 0.29) is 6.04 Å². The van der Waals surface area contributed by atoms with E-state index in [2.05, 4.69) is 4.72 Å². The van der Waals surface area contributed by atoms with E-state index in [1.807, 2.05) is 0 Å². The van der Waals surface area contributed by atoms with Crippen LogP contribution >= 0.6 is 0 Å². The van der Waals surface area contributed by atoms with Gasteiger partial charge in [-0.05, 0) is 46.6 Å². The summed E-state index contributed by atoms with van der Waals surface area (Å²) in [5.74, 6) is 0. The summed E-state index contributed by atoms with van der Waals surface area (Å²) >= 11 is 0. The van der Waals surface area contributed by atoms with Crippen molar-refractivity contribution in [3.05, 3.63) is 23.0 Å². The first-order valence-electron chi connectivity index (χ1n) is 8.10. The number of rotatable bonds is 6. The predicted molar refractivity (Wildman–Crippen MR) is 98.9 cm³/mol. The molecule has 0 saturated carbocycles. The summed E-state index contributed by atoms with van der Waals surface area (Å²) in [4.78, 5) is 13.7. The van der Waals surface area contributed by atoms with E-state index < -0.39 is 37.8 Å². The number of primary sulfonamides is 1. The van der Waals surface area contributed by atoms with Crippen LogP contribution in [-0.4, -0.2) is 52.1 Å². The van der Waals surface area contributed by atoms with Crippen LogP contribution in [0.15, 0.2) is 23.0 Å². The third kappa shape index (κ3) is 8.79. The number of hydrogen-bond donors (Lipinski definition) is 2. The second-order valence-electron chi connectivity index (χ2n) is 7.08. The lowest BCUT2D eigenvalue weighted by atomic mass is 10.2. The molecule has 0 aliphatic carbocycles. The first kappa shape index (κ1) is 22.6. The van der Waals surface area contributed by atoms with Crippen LogP contribution in [0, 0.1) is 0 Å². The van der Waals surface area contributed by atoms with Crippen molar-refractivity contribution in [3.63, 3.8) is 0 Å². The van der Waals surface area contributed by atoms with Gasteiger partial charge in [0.25, 0.3) is 0 Å². The fraction of sp³-hybridized carbons (Fsp3) is 0.667. The van der Waals surface area contributed by atoms with E-state index in [9.17, 15) is 21.6 Å². The summed E-state index contributed by atoms with van der Waals surface area (Å²) in [6.45, 7) is 7.24. The SMILES string of the molecule is C[C@@H](/C=C/S(N)(=O)=O)NS(=O)(=O)/C=C/[C@@H]1CCCN1C(=O)OC(C)(C)C. The predicted octanol–water partition coefficient (Wildman–Crippen LogP) is 1.01. The summed E-state index contributed by atoms with van der Waals surface area (Å²) in [5.41, 5.74) is -0.632. The molecule has 2 atom stereocenters. The zero-order chi connectivity index (χ0) is 20.2. The number of nitrogens with two attached hydrogens (primary N) is 1. The number of carbonyl (C=O) groups is 1. The summed E-state index contributed by atoms with van der Waals surface area (Å²) in [6, 6.07) is -1.15. The Kier molecular flexibility index (Phi) is 7.40. The average Bonchev–Trinajstić information content (AvgIpc) is 2.88. The van der Waals surface area contributed by atoms with Crippen LogP contribution < -0.4 is 9.86 Å². The number of carbonyl (C=O) groups excluding carboxylic acids is 1. The van der Waals surface area contributed by atoms with E-state index in [1.165, 1.54) is 17.9 Å². The Morgan fingerprint density at radius 2 is 1.88 bits per heavy atom. The second kappa shape index (κ2) is 8.51. The minimum Gasteiger partial charge on any atom is -0.444 e. The van der Waals surface area contributed by atoms with Crippen molar-refractivity contribution in [1.82, 2.24) is 9.62 Å². The molecule has 1 aliphatic heterocycles. The van der Waals surface area contributed by atoms with Crippen molar-refractivity contribution in [2.45, 2.75) is 58.2 Å². The molecule has 0 aromatic carbocycles. The van der Waals surface area contributed by atoms with E-state index in [0.717, 1.165) is 23.3 Å². The number of nitrogens with zero attached hydrogens (tertiary/aromatic N) is 1. The zero-order valence-corrected chi connectivity index (χ0v) is 17.0. The van der Waals surface area contributed by atoms with Crippen LogP contribution in [-0.2, 0) is 24.8 Å². The lowest BCUT2D eigenvalue weighted by Crippen LogP contribution is -2.39. The molecule has 0 bridgehead atoms. The Morgan fingerprint density at radius 1 is 1.27 bits per heavy atom. The maximum atomic E-state index is 12.2. The van der Waals surface area contributed by atoms with Crippen LogP contribution in [0.5, 0.6) is 0 Å². The molecule has 1 aliphatic rings. The van der Waals surface area contributed by atoms with E-state index in [0.29, 0.717) is 13.0 Å². The van der Waals surface area contributed by atoms with Crippen LogP contribution in [0.25, 0.3) is 0 Å². The zero-order valence-electron chi connectivity index (χ0n) is 15.4. The number of ether oxygens (including phenoxy) is 1. The highest BCUT2D eigenvalue weighted by atomic mass is 32.2. The molecule has 1 heterocycles. The smallest absolute Gasteiger partial charge is 0.410 e. The first-order valence-corrected chi connectivity index (χ1v) is 11.3.